The van der Waals surface area contributed by atoms with Gasteiger partial charge in [0.1, 0.15) is 0 Å². The highest BCUT2D eigenvalue weighted by Gasteiger charge is 2.45. The van der Waals surface area contributed by atoms with Crippen LogP contribution in [0.5, 0.6) is 0 Å². The molecule has 0 amide bonds. The van der Waals surface area contributed by atoms with Crippen LogP contribution < -0.4 is 0 Å². The maximum atomic E-state index is 7.94. The summed E-state index contributed by atoms with van der Waals surface area (Å²) in [4.78, 5) is 47.6. The molecule has 0 aliphatic rings. The fourth-order valence-electron chi connectivity index (χ4n) is 0.184. The summed E-state index contributed by atoms with van der Waals surface area (Å²) in [5.41, 5.74) is 0. The van der Waals surface area contributed by atoms with Gasteiger partial charge in [0.2, 0.25) is 0 Å². The third-order valence-corrected chi connectivity index (χ3v) is 2.46. The van der Waals surface area contributed by atoms with Crippen molar-refractivity contribution in [2.24, 2.45) is 0 Å². The minimum absolute atomic E-state index is 0. The molecule has 0 aromatic rings. The highest BCUT2D eigenvalue weighted by Crippen LogP contribution is 1.95. The van der Waals surface area contributed by atoms with Gasteiger partial charge >= 0.3 is 18.1 Å². The van der Waals surface area contributed by atoms with E-state index in [1.54, 1.807) is 0 Å². The summed E-state index contributed by atoms with van der Waals surface area (Å²) in [6.45, 7) is 0. The zero-order valence-electron chi connectivity index (χ0n) is 4.59. The van der Waals surface area contributed by atoms with Gasteiger partial charge in [0, 0.05) is 0 Å². The zero-order valence-corrected chi connectivity index (χ0v) is 6.59. The van der Waals surface area contributed by atoms with Crippen molar-refractivity contribution in [1.82, 2.24) is 0 Å². The third-order valence-electron chi connectivity index (χ3n) is 0.274. The van der Waals surface area contributed by atoms with Gasteiger partial charge in [0.25, 0.3) is 0 Å². The Labute approximate surface area is 57.5 Å². The molecule has 0 saturated carbocycles. The van der Waals surface area contributed by atoms with E-state index in [-0.39, 0.29) is 5.48 Å². The van der Waals surface area contributed by atoms with Gasteiger partial charge in [-0.2, -0.15) is 0 Å². The van der Waals surface area contributed by atoms with Gasteiger partial charge in [-0.25, -0.2) is 0 Å². The minimum atomic E-state index is -4.98. The molecule has 0 heterocycles. The lowest BCUT2D eigenvalue weighted by molar-refractivity contribution is 0.0406. The van der Waals surface area contributed by atoms with Crippen LogP contribution in [-0.4, -0.2) is 52.3 Å². The number of hydrogen-bond acceptors (Lipinski definition) is 7. The molecule has 0 aliphatic carbocycles. The highest BCUT2D eigenvalue weighted by atomic mass is 28.5. The maximum Gasteiger partial charge on any atom is 0.665 e. The van der Waals surface area contributed by atoms with E-state index in [9.17, 15) is 0 Å². The second-order valence-corrected chi connectivity index (χ2v) is 4.36. The molecule has 0 fully saturated rings. The first-order chi connectivity index (χ1) is 3.71. The molecule has 64 valence electrons. The van der Waals surface area contributed by atoms with Crippen LogP contribution in [0.4, 0.5) is 0 Å². The summed E-state index contributed by atoms with van der Waals surface area (Å²) in [6.07, 6.45) is 0. The lowest BCUT2D eigenvalue weighted by Crippen LogP contribution is -2.53. The van der Waals surface area contributed by atoms with Gasteiger partial charge in [-0.15, -0.1) is 0 Å². The van der Waals surface area contributed by atoms with Crippen LogP contribution in [0.3, 0.4) is 0 Å². The first-order valence-corrected chi connectivity index (χ1v) is 5.25. The molecule has 0 radical (unpaired) electrons. The molecule has 0 unspecified atom stereocenters. The van der Waals surface area contributed by atoms with Gasteiger partial charge in [-0.1, -0.05) is 0 Å². The van der Waals surface area contributed by atoms with Crippen LogP contribution in [0.2, 0.25) is 0 Å². The van der Waals surface area contributed by atoms with Crippen molar-refractivity contribution in [1.29, 1.82) is 0 Å². The predicted molar refractivity (Wildman–Crippen MR) is 29.5 cm³/mol. The monoisotopic (exact) mass is 192 g/mol. The van der Waals surface area contributed by atoms with Crippen LogP contribution in [-0.2, 0) is 4.12 Å². The average molecular weight is 192 g/mol. The average Bonchev–Trinajstić information content (AvgIpc) is 1.14. The summed E-state index contributed by atoms with van der Waals surface area (Å²) in [5.74, 6) is 0. The van der Waals surface area contributed by atoms with E-state index in [1.165, 1.54) is 0 Å². The largest absolute Gasteiger partial charge is 0.665 e. The van der Waals surface area contributed by atoms with Gasteiger partial charge in [0.15, 0.2) is 0 Å². The molecule has 0 atom stereocenters. The Morgan fingerprint density at radius 1 is 0.700 bits per heavy atom. The van der Waals surface area contributed by atoms with Crippen molar-refractivity contribution in [3.63, 3.8) is 0 Å². The Balaban J connectivity index is 0. The lowest BCUT2D eigenvalue weighted by Gasteiger charge is -2.13. The molecule has 0 aromatic carbocycles. The molecular formula is H8O8Si2. The van der Waals surface area contributed by atoms with Gasteiger partial charge in [0.05, 0.1) is 0 Å². The highest BCUT2D eigenvalue weighted by molar-refractivity contribution is 6.63. The van der Waals surface area contributed by atoms with E-state index < -0.39 is 18.1 Å². The Morgan fingerprint density at radius 3 is 0.900 bits per heavy atom. The Bertz CT molecular complexity index is 72.4. The van der Waals surface area contributed by atoms with Crippen molar-refractivity contribution >= 4 is 18.1 Å². The van der Waals surface area contributed by atoms with Crippen molar-refractivity contribution in [3.05, 3.63) is 0 Å². The molecule has 8 N–H and O–H groups in total. The minimum Gasteiger partial charge on any atom is -0.412 e. The molecular weight excluding hydrogens is 184 g/mol. The first kappa shape index (κ1) is 12.8. The smallest absolute Gasteiger partial charge is 0.412 e. The molecule has 0 spiro atoms. The summed E-state index contributed by atoms with van der Waals surface area (Å²) in [5, 5.41) is 0. The first-order valence-electron chi connectivity index (χ1n) is 1.75. The zero-order chi connectivity index (χ0) is 7.71. The number of rotatable bonds is 2. The lowest BCUT2D eigenvalue weighted by atomic mass is 15.6. The SMILES string of the molecule is O.O[Si](O)(O)O[Si](O)(O)O. The quantitative estimate of drug-likeness (QED) is 0.238. The summed E-state index contributed by atoms with van der Waals surface area (Å²) < 4.78 is 3.24. The van der Waals surface area contributed by atoms with Crippen molar-refractivity contribution < 1.29 is 38.4 Å². The van der Waals surface area contributed by atoms with Crippen LogP contribution in [0.25, 0.3) is 0 Å². The molecule has 10 heavy (non-hydrogen) atoms. The second-order valence-electron chi connectivity index (χ2n) is 1.25. The fraction of sp³-hybridized carbons (Fsp3) is 0. The molecule has 0 rings (SSSR count). The van der Waals surface area contributed by atoms with Gasteiger partial charge in [-0.3, -0.25) is 0 Å². The maximum absolute atomic E-state index is 7.94. The van der Waals surface area contributed by atoms with E-state index in [0.29, 0.717) is 0 Å². The second kappa shape index (κ2) is 3.49. The molecule has 0 bridgehead atoms. The molecule has 0 saturated heterocycles. The third kappa shape index (κ3) is 11.0. The predicted octanol–water partition coefficient (Wildman–Crippen LogP) is -5.00. The van der Waals surface area contributed by atoms with Gasteiger partial charge < -0.3 is 38.4 Å². The summed E-state index contributed by atoms with van der Waals surface area (Å²) in [7, 11) is -9.96. The molecule has 0 aliphatic heterocycles. The van der Waals surface area contributed by atoms with Crippen molar-refractivity contribution in [2.75, 3.05) is 0 Å². The van der Waals surface area contributed by atoms with E-state index in [1.807, 2.05) is 0 Å². The van der Waals surface area contributed by atoms with Gasteiger partial charge in [-0.05, 0) is 0 Å². The van der Waals surface area contributed by atoms with E-state index in [2.05, 4.69) is 4.12 Å². The molecule has 10 heteroatoms. The topological polar surface area (TPSA) is 162 Å². The van der Waals surface area contributed by atoms with E-state index in [0.717, 1.165) is 0 Å². The Morgan fingerprint density at radius 2 is 0.900 bits per heavy atom. The Kier molecular flexibility index (Phi) is 4.45. The van der Waals surface area contributed by atoms with E-state index >= 15 is 0 Å². The normalized spacial score (nSPS) is 12.6. The fourth-order valence-corrected chi connectivity index (χ4v) is 1.65. The number of hydrogen-bond donors (Lipinski definition) is 6. The molecule has 8 nitrogen and oxygen atoms in total. The van der Waals surface area contributed by atoms with Crippen molar-refractivity contribution in [3.8, 4) is 0 Å². The van der Waals surface area contributed by atoms with Crippen molar-refractivity contribution in [2.45, 2.75) is 0 Å². The van der Waals surface area contributed by atoms with Crippen LogP contribution in [0.1, 0.15) is 0 Å². The standard InChI is InChI=1S/H6O7Si2.H2O/c1-8(2,3)7-9(4,5)6;/h1-6H;1H2. The van der Waals surface area contributed by atoms with Crippen LogP contribution in [0, 0.1) is 0 Å². The summed E-state index contributed by atoms with van der Waals surface area (Å²) >= 11 is 0. The Hall–Kier alpha value is 0.114. The van der Waals surface area contributed by atoms with E-state index in [4.69, 9.17) is 28.8 Å². The molecule has 0 aromatic heterocycles. The van der Waals surface area contributed by atoms with Crippen LogP contribution in [0.15, 0.2) is 0 Å². The van der Waals surface area contributed by atoms with Crippen LogP contribution >= 0.6 is 0 Å². The summed E-state index contributed by atoms with van der Waals surface area (Å²) in [6, 6.07) is 0.